The van der Waals surface area contributed by atoms with Gasteiger partial charge in [0.05, 0.1) is 17.1 Å². The van der Waals surface area contributed by atoms with Crippen LogP contribution < -0.4 is 0 Å². The highest BCUT2D eigenvalue weighted by Crippen LogP contribution is 2.21. The summed E-state index contributed by atoms with van der Waals surface area (Å²) in [7, 11) is 0. The Morgan fingerprint density at radius 2 is 1.40 bits per heavy atom. The summed E-state index contributed by atoms with van der Waals surface area (Å²) < 4.78 is 2.10. The number of aromatic nitrogens is 2. The standard InChI is InChI=1S/C22H19N3/c1-16-17(2)25-15-20(13-14-21(25)23-16)24-22(18-9-5-3-6-10-18)19-11-7-4-8-12-19/h3-15H,1-2H3. The predicted molar refractivity (Wildman–Crippen MR) is 103 cm³/mol. The van der Waals surface area contributed by atoms with E-state index in [9.17, 15) is 0 Å². The quantitative estimate of drug-likeness (QED) is 0.481. The van der Waals surface area contributed by atoms with Crippen molar-refractivity contribution in [3.05, 3.63) is 102 Å². The Kier molecular flexibility index (Phi) is 3.90. The number of hydrogen-bond donors (Lipinski definition) is 0. The second-order valence-electron chi connectivity index (χ2n) is 6.09. The lowest BCUT2D eigenvalue weighted by Gasteiger charge is -2.08. The molecular weight excluding hydrogens is 306 g/mol. The van der Waals surface area contributed by atoms with E-state index in [0.717, 1.165) is 39.6 Å². The van der Waals surface area contributed by atoms with Crippen molar-refractivity contribution in [1.82, 2.24) is 9.38 Å². The number of pyridine rings is 1. The Morgan fingerprint density at radius 3 is 2.00 bits per heavy atom. The summed E-state index contributed by atoms with van der Waals surface area (Å²) >= 11 is 0. The monoisotopic (exact) mass is 325 g/mol. The van der Waals surface area contributed by atoms with Gasteiger partial charge in [-0.1, -0.05) is 60.7 Å². The highest BCUT2D eigenvalue weighted by atomic mass is 15.0. The minimum Gasteiger partial charge on any atom is -0.302 e. The molecule has 4 rings (SSSR count). The second kappa shape index (κ2) is 6.36. The fourth-order valence-corrected chi connectivity index (χ4v) is 2.95. The van der Waals surface area contributed by atoms with Crippen molar-refractivity contribution in [3.63, 3.8) is 0 Å². The Labute approximate surface area is 147 Å². The molecule has 0 unspecified atom stereocenters. The highest BCUT2D eigenvalue weighted by molar-refractivity contribution is 6.13. The molecule has 2 aromatic carbocycles. The topological polar surface area (TPSA) is 29.7 Å². The van der Waals surface area contributed by atoms with Crippen molar-refractivity contribution in [2.24, 2.45) is 4.99 Å². The third-order valence-corrected chi connectivity index (χ3v) is 4.41. The Bertz CT molecular complexity index is 1000. The first-order chi connectivity index (χ1) is 12.2. The molecule has 3 nitrogen and oxygen atoms in total. The molecule has 4 aromatic rings. The average molecular weight is 325 g/mol. The summed E-state index contributed by atoms with van der Waals surface area (Å²) in [6, 6.07) is 24.6. The largest absolute Gasteiger partial charge is 0.302 e. The lowest BCUT2D eigenvalue weighted by molar-refractivity contribution is 1.09. The molecular formula is C22H19N3. The molecule has 0 spiro atoms. The second-order valence-corrected chi connectivity index (χ2v) is 6.09. The molecule has 0 aliphatic carbocycles. The smallest absolute Gasteiger partial charge is 0.137 e. The van der Waals surface area contributed by atoms with Gasteiger partial charge in [0.15, 0.2) is 0 Å². The van der Waals surface area contributed by atoms with Gasteiger partial charge in [-0.15, -0.1) is 0 Å². The van der Waals surface area contributed by atoms with E-state index in [4.69, 9.17) is 4.99 Å². The van der Waals surface area contributed by atoms with Crippen LogP contribution in [-0.2, 0) is 0 Å². The fourth-order valence-electron chi connectivity index (χ4n) is 2.95. The molecule has 3 heteroatoms. The predicted octanol–water partition coefficient (Wildman–Crippen LogP) is 5.12. The van der Waals surface area contributed by atoms with Crippen molar-refractivity contribution < 1.29 is 0 Å². The van der Waals surface area contributed by atoms with Crippen LogP contribution in [0.4, 0.5) is 5.69 Å². The summed E-state index contributed by atoms with van der Waals surface area (Å²) in [5.41, 5.74) is 7.24. The average Bonchev–Trinajstić information content (AvgIpc) is 2.95. The molecule has 0 aliphatic heterocycles. The first kappa shape index (κ1) is 15.3. The lowest BCUT2D eigenvalue weighted by atomic mass is 10.0. The maximum atomic E-state index is 4.97. The van der Waals surface area contributed by atoms with E-state index in [0.29, 0.717) is 0 Å². The van der Waals surface area contributed by atoms with Gasteiger partial charge in [-0.05, 0) is 26.0 Å². The van der Waals surface area contributed by atoms with Gasteiger partial charge in [0.2, 0.25) is 0 Å². The molecule has 25 heavy (non-hydrogen) atoms. The van der Waals surface area contributed by atoms with Crippen LogP contribution in [0.3, 0.4) is 0 Å². The van der Waals surface area contributed by atoms with E-state index in [1.165, 1.54) is 0 Å². The number of imidazole rings is 1. The number of hydrogen-bond acceptors (Lipinski definition) is 2. The molecule has 0 aliphatic rings. The first-order valence-corrected chi connectivity index (χ1v) is 8.37. The zero-order valence-corrected chi connectivity index (χ0v) is 14.3. The molecule has 2 heterocycles. The van der Waals surface area contributed by atoms with Gasteiger partial charge in [0.1, 0.15) is 5.65 Å². The van der Waals surface area contributed by atoms with Crippen LogP contribution in [0.5, 0.6) is 0 Å². The molecule has 122 valence electrons. The molecule has 0 saturated heterocycles. The van der Waals surface area contributed by atoms with Crippen LogP contribution >= 0.6 is 0 Å². The van der Waals surface area contributed by atoms with Gasteiger partial charge in [0, 0.05) is 23.0 Å². The molecule has 0 fully saturated rings. The van der Waals surface area contributed by atoms with Crippen LogP contribution in [0.1, 0.15) is 22.5 Å². The Balaban J connectivity index is 1.88. The molecule has 2 aromatic heterocycles. The van der Waals surface area contributed by atoms with Gasteiger partial charge in [-0.2, -0.15) is 0 Å². The van der Waals surface area contributed by atoms with Crippen LogP contribution in [0, 0.1) is 13.8 Å². The zero-order chi connectivity index (χ0) is 17.2. The molecule has 0 saturated carbocycles. The van der Waals surface area contributed by atoms with Gasteiger partial charge < -0.3 is 4.40 Å². The van der Waals surface area contributed by atoms with Crippen molar-refractivity contribution >= 4 is 17.0 Å². The van der Waals surface area contributed by atoms with Gasteiger partial charge in [-0.3, -0.25) is 0 Å². The van der Waals surface area contributed by atoms with E-state index in [1.807, 2.05) is 55.5 Å². The van der Waals surface area contributed by atoms with Crippen molar-refractivity contribution in [1.29, 1.82) is 0 Å². The lowest BCUT2D eigenvalue weighted by Crippen LogP contribution is -2.02. The summed E-state index contributed by atoms with van der Waals surface area (Å²) in [4.78, 5) is 9.53. The minimum atomic E-state index is 0.913. The van der Waals surface area contributed by atoms with Crippen LogP contribution in [-0.4, -0.2) is 15.1 Å². The first-order valence-electron chi connectivity index (χ1n) is 8.37. The summed E-state index contributed by atoms with van der Waals surface area (Å²) in [5.74, 6) is 0. The van der Waals surface area contributed by atoms with Crippen molar-refractivity contribution in [2.75, 3.05) is 0 Å². The van der Waals surface area contributed by atoms with Gasteiger partial charge in [0.25, 0.3) is 0 Å². The van der Waals surface area contributed by atoms with Gasteiger partial charge in [-0.25, -0.2) is 9.98 Å². The van der Waals surface area contributed by atoms with Crippen LogP contribution in [0.25, 0.3) is 5.65 Å². The Hall–Kier alpha value is -3.20. The van der Waals surface area contributed by atoms with Crippen molar-refractivity contribution in [2.45, 2.75) is 13.8 Å². The van der Waals surface area contributed by atoms with E-state index in [-0.39, 0.29) is 0 Å². The molecule has 0 bridgehead atoms. The third-order valence-electron chi connectivity index (χ3n) is 4.41. The normalized spacial score (nSPS) is 10.8. The van der Waals surface area contributed by atoms with Crippen LogP contribution in [0.15, 0.2) is 84.0 Å². The summed E-state index contributed by atoms with van der Waals surface area (Å²) in [5, 5.41) is 0. The molecule has 0 radical (unpaired) electrons. The maximum absolute atomic E-state index is 4.97. The van der Waals surface area contributed by atoms with E-state index in [2.05, 4.69) is 46.8 Å². The maximum Gasteiger partial charge on any atom is 0.137 e. The third kappa shape index (κ3) is 2.96. The summed E-state index contributed by atoms with van der Waals surface area (Å²) in [6.45, 7) is 4.11. The zero-order valence-electron chi connectivity index (χ0n) is 14.3. The fraction of sp³-hybridized carbons (Fsp3) is 0.0909. The van der Waals surface area contributed by atoms with Crippen molar-refractivity contribution in [3.8, 4) is 0 Å². The number of nitrogens with zero attached hydrogens (tertiary/aromatic N) is 3. The molecule has 0 amide bonds. The number of benzene rings is 2. The van der Waals surface area contributed by atoms with E-state index < -0.39 is 0 Å². The highest BCUT2D eigenvalue weighted by Gasteiger charge is 2.08. The minimum absolute atomic E-state index is 0.913. The number of aryl methyl sites for hydroxylation is 2. The van der Waals surface area contributed by atoms with Gasteiger partial charge >= 0.3 is 0 Å². The SMILES string of the molecule is Cc1nc2ccc(N=C(c3ccccc3)c3ccccc3)cn2c1C. The Morgan fingerprint density at radius 1 is 0.800 bits per heavy atom. The number of fused-ring (bicyclic) bond motifs is 1. The molecule has 0 N–H and O–H groups in total. The van der Waals surface area contributed by atoms with Crippen LogP contribution in [0.2, 0.25) is 0 Å². The van der Waals surface area contributed by atoms with E-state index >= 15 is 0 Å². The van der Waals surface area contributed by atoms with E-state index in [1.54, 1.807) is 0 Å². The number of aliphatic imine (C=N–C) groups is 1. The molecule has 0 atom stereocenters. The summed E-state index contributed by atoms with van der Waals surface area (Å²) in [6.07, 6.45) is 2.05. The number of rotatable bonds is 3.